The molecule has 0 aliphatic carbocycles. The minimum atomic E-state index is -1.07. The van der Waals surface area contributed by atoms with Gasteiger partial charge in [0, 0.05) is 5.56 Å². The lowest BCUT2D eigenvalue weighted by Crippen LogP contribution is -2.06. The topological polar surface area (TPSA) is 34.1 Å². The zero-order valence-corrected chi connectivity index (χ0v) is 6.64. The number of ketones is 1. The Morgan fingerprint density at radius 2 is 1.67 bits per heavy atom. The summed E-state index contributed by atoms with van der Waals surface area (Å²) in [5.74, 6) is -1.29. The number of hydrogen-bond donors (Lipinski definition) is 0. The highest BCUT2D eigenvalue weighted by Crippen LogP contribution is 2.04. The molecule has 0 atom stereocenters. The smallest absolute Gasteiger partial charge is 0.284 e. The number of carbonyl (C=O) groups is 2. The fourth-order valence-corrected chi connectivity index (χ4v) is 0.824. The summed E-state index contributed by atoms with van der Waals surface area (Å²) in [7, 11) is 0. The number of halogens is 2. The molecule has 1 rings (SSSR count). The first-order valence-corrected chi connectivity index (χ1v) is 3.49. The van der Waals surface area contributed by atoms with Crippen LogP contribution in [0.2, 0.25) is 0 Å². The van der Waals surface area contributed by atoms with Gasteiger partial charge in [0.2, 0.25) is 5.78 Å². The molecule has 62 valence electrons. The predicted molar refractivity (Wildman–Crippen MR) is 41.6 cm³/mol. The van der Waals surface area contributed by atoms with E-state index in [1.54, 1.807) is 0 Å². The highest BCUT2D eigenvalue weighted by atomic mass is 35.5. The summed E-state index contributed by atoms with van der Waals surface area (Å²) in [6.45, 7) is 0. The van der Waals surface area contributed by atoms with Crippen LogP contribution in [0.4, 0.5) is 4.39 Å². The Kier molecular flexibility index (Phi) is 2.55. The highest BCUT2D eigenvalue weighted by molar-refractivity contribution is 6.83. The van der Waals surface area contributed by atoms with Crippen LogP contribution in [0, 0.1) is 5.82 Å². The van der Waals surface area contributed by atoms with Crippen LogP contribution in [0.1, 0.15) is 10.4 Å². The third kappa shape index (κ3) is 1.89. The predicted octanol–water partition coefficient (Wildman–Crippen LogP) is 1.77. The molecule has 0 fully saturated rings. The van der Waals surface area contributed by atoms with E-state index in [0.717, 1.165) is 12.1 Å². The van der Waals surface area contributed by atoms with E-state index in [-0.39, 0.29) is 5.56 Å². The number of Topliss-reactive ketones (excluding diaryl/α,β-unsaturated/α-hetero) is 1. The lowest BCUT2D eigenvalue weighted by Gasteiger charge is -1.93. The van der Waals surface area contributed by atoms with Crippen LogP contribution < -0.4 is 0 Å². The van der Waals surface area contributed by atoms with Gasteiger partial charge >= 0.3 is 0 Å². The summed E-state index contributed by atoms with van der Waals surface area (Å²) < 4.78 is 12.3. The van der Waals surface area contributed by atoms with Crippen LogP contribution in [0.3, 0.4) is 0 Å². The summed E-state index contributed by atoms with van der Waals surface area (Å²) in [6.07, 6.45) is 0. The quantitative estimate of drug-likeness (QED) is 0.306. The van der Waals surface area contributed by atoms with Crippen molar-refractivity contribution in [3.05, 3.63) is 35.6 Å². The van der Waals surface area contributed by atoms with Crippen LogP contribution in [-0.4, -0.2) is 11.0 Å². The van der Waals surface area contributed by atoms with Gasteiger partial charge in [0.1, 0.15) is 5.82 Å². The molecule has 0 spiro atoms. The van der Waals surface area contributed by atoms with Crippen LogP contribution in [0.15, 0.2) is 24.3 Å². The maximum absolute atomic E-state index is 12.3. The Bertz CT molecular complexity index is 318. The molecule has 0 aromatic heterocycles. The van der Waals surface area contributed by atoms with E-state index in [2.05, 4.69) is 0 Å². The van der Waals surface area contributed by atoms with E-state index in [1.165, 1.54) is 12.1 Å². The third-order valence-corrected chi connectivity index (χ3v) is 1.46. The fourth-order valence-electron chi connectivity index (χ4n) is 0.715. The van der Waals surface area contributed by atoms with Gasteiger partial charge in [-0.25, -0.2) is 4.39 Å². The van der Waals surface area contributed by atoms with Gasteiger partial charge in [0.05, 0.1) is 0 Å². The van der Waals surface area contributed by atoms with Crippen molar-refractivity contribution in [1.82, 2.24) is 0 Å². The molecular formula is C8H4ClFO2. The van der Waals surface area contributed by atoms with Crippen molar-refractivity contribution in [3.63, 3.8) is 0 Å². The normalized spacial score (nSPS) is 9.50. The standard InChI is InChI=1S/C8H4ClFO2/c9-8(12)7(11)5-1-3-6(10)4-2-5/h1-4H/i8+1. The maximum atomic E-state index is 12.3. The SMILES string of the molecule is O=C(c1ccc(F)cc1)[13C](=O)Cl. The molecule has 0 heterocycles. The van der Waals surface area contributed by atoms with E-state index < -0.39 is 16.8 Å². The van der Waals surface area contributed by atoms with Crippen LogP contribution in [-0.2, 0) is 4.79 Å². The molecule has 0 unspecified atom stereocenters. The van der Waals surface area contributed by atoms with Crippen molar-refractivity contribution < 1.29 is 14.0 Å². The highest BCUT2D eigenvalue weighted by Gasteiger charge is 2.12. The van der Waals surface area contributed by atoms with Crippen molar-refractivity contribution in [3.8, 4) is 0 Å². The second kappa shape index (κ2) is 3.45. The molecule has 4 heteroatoms. The lowest BCUT2D eigenvalue weighted by atomic mass is 10.2. The van der Waals surface area contributed by atoms with Gasteiger partial charge in [0.25, 0.3) is 5.24 Å². The van der Waals surface area contributed by atoms with Gasteiger partial charge in [-0.2, -0.15) is 0 Å². The van der Waals surface area contributed by atoms with Crippen molar-refractivity contribution >= 4 is 22.6 Å². The summed E-state index contributed by atoms with van der Waals surface area (Å²) in [4.78, 5) is 21.2. The van der Waals surface area contributed by atoms with E-state index in [4.69, 9.17) is 11.6 Å². The average Bonchev–Trinajstić information content (AvgIpc) is 2.04. The molecule has 0 radical (unpaired) electrons. The molecule has 0 N–H and O–H groups in total. The first-order valence-electron chi connectivity index (χ1n) is 3.11. The Labute approximate surface area is 73.0 Å². The third-order valence-electron chi connectivity index (χ3n) is 1.28. The summed E-state index contributed by atoms with van der Waals surface area (Å²) in [6, 6.07) is 4.59. The Morgan fingerprint density at radius 1 is 1.17 bits per heavy atom. The molecule has 0 saturated carbocycles. The van der Waals surface area contributed by atoms with Crippen molar-refractivity contribution in [2.45, 2.75) is 0 Å². The van der Waals surface area contributed by atoms with Crippen molar-refractivity contribution in [1.29, 1.82) is 0 Å². The Hall–Kier alpha value is -1.22. The minimum Gasteiger partial charge on any atom is -0.284 e. The van der Waals surface area contributed by atoms with E-state index in [9.17, 15) is 14.0 Å². The van der Waals surface area contributed by atoms with Crippen LogP contribution >= 0.6 is 11.6 Å². The summed E-state index contributed by atoms with van der Waals surface area (Å²) in [5, 5.41) is -1.07. The molecule has 0 aliphatic heterocycles. The largest absolute Gasteiger partial charge is 0.293 e. The number of benzene rings is 1. The molecule has 12 heavy (non-hydrogen) atoms. The zero-order chi connectivity index (χ0) is 9.14. The Morgan fingerprint density at radius 3 is 2.08 bits per heavy atom. The number of rotatable bonds is 2. The second-order valence-corrected chi connectivity index (χ2v) is 2.45. The van der Waals surface area contributed by atoms with E-state index in [1.807, 2.05) is 0 Å². The van der Waals surface area contributed by atoms with Gasteiger partial charge in [-0.1, -0.05) is 0 Å². The molecular weight excluding hydrogens is 184 g/mol. The van der Waals surface area contributed by atoms with Crippen LogP contribution in [0.25, 0.3) is 0 Å². The maximum Gasteiger partial charge on any atom is 0.293 e. The molecule has 1 aromatic rings. The minimum absolute atomic E-state index is 0.0939. The number of hydrogen-bond acceptors (Lipinski definition) is 2. The van der Waals surface area contributed by atoms with Gasteiger partial charge < -0.3 is 0 Å². The fraction of sp³-hybridized carbons (Fsp3) is 0. The number of carbonyl (C=O) groups excluding carboxylic acids is 2. The Balaban J connectivity index is 2.98. The second-order valence-electron chi connectivity index (χ2n) is 2.11. The first kappa shape index (κ1) is 8.87. The summed E-state index contributed by atoms with van der Waals surface area (Å²) >= 11 is 4.92. The van der Waals surface area contributed by atoms with E-state index >= 15 is 0 Å². The first-order chi connectivity index (χ1) is 5.61. The van der Waals surface area contributed by atoms with Gasteiger partial charge in [0.15, 0.2) is 0 Å². The summed E-state index contributed by atoms with van der Waals surface area (Å²) in [5.41, 5.74) is 0.0939. The van der Waals surface area contributed by atoms with Gasteiger partial charge in [-0.15, -0.1) is 0 Å². The zero-order valence-electron chi connectivity index (χ0n) is 5.88. The van der Waals surface area contributed by atoms with Crippen molar-refractivity contribution in [2.75, 3.05) is 0 Å². The monoisotopic (exact) mass is 187 g/mol. The average molecular weight is 188 g/mol. The molecule has 0 bridgehead atoms. The van der Waals surface area contributed by atoms with Gasteiger partial charge in [-0.05, 0) is 35.9 Å². The van der Waals surface area contributed by atoms with E-state index in [0.29, 0.717) is 0 Å². The van der Waals surface area contributed by atoms with Gasteiger partial charge in [-0.3, -0.25) is 9.59 Å². The molecule has 0 aliphatic rings. The molecule has 2 nitrogen and oxygen atoms in total. The molecule has 0 saturated heterocycles. The molecule has 0 amide bonds. The lowest BCUT2D eigenvalue weighted by molar-refractivity contribution is -0.108. The molecule has 1 aromatic carbocycles. The van der Waals surface area contributed by atoms with Crippen molar-refractivity contribution in [2.24, 2.45) is 0 Å². The van der Waals surface area contributed by atoms with Crippen LogP contribution in [0.5, 0.6) is 0 Å².